The summed E-state index contributed by atoms with van der Waals surface area (Å²) in [4.78, 5) is 0.194. The van der Waals surface area contributed by atoms with Gasteiger partial charge in [0.2, 0.25) is 0 Å². The zero-order chi connectivity index (χ0) is 17.9. The lowest BCUT2D eigenvalue weighted by molar-refractivity contribution is 0.282. The summed E-state index contributed by atoms with van der Waals surface area (Å²) in [6, 6.07) is 21.2. The molecule has 128 valence electrons. The Labute approximate surface area is 155 Å². The molecule has 3 rings (SSSR count). The van der Waals surface area contributed by atoms with Gasteiger partial charge in [-0.25, -0.2) is 8.42 Å². The van der Waals surface area contributed by atoms with Crippen LogP contribution in [0.1, 0.15) is 5.56 Å². The molecule has 0 fully saturated rings. The number of benzene rings is 3. The molecule has 0 aliphatic heterocycles. The summed E-state index contributed by atoms with van der Waals surface area (Å²) in [5.74, 6) is 0. The van der Waals surface area contributed by atoms with E-state index in [1.54, 1.807) is 48.5 Å². The highest BCUT2D eigenvalue weighted by molar-refractivity contribution is 9.10. The van der Waals surface area contributed by atoms with E-state index in [-0.39, 0.29) is 11.5 Å². The maximum Gasteiger partial charge on any atom is 0.261 e. The Morgan fingerprint density at radius 2 is 1.32 bits per heavy atom. The van der Waals surface area contributed by atoms with Gasteiger partial charge in [0.05, 0.1) is 11.5 Å². The Bertz CT molecular complexity index is 951. The van der Waals surface area contributed by atoms with Crippen LogP contribution in [0.25, 0.3) is 11.1 Å². The van der Waals surface area contributed by atoms with Crippen LogP contribution >= 0.6 is 15.9 Å². The number of hydrogen-bond donors (Lipinski definition) is 2. The first-order chi connectivity index (χ1) is 12.0. The van der Waals surface area contributed by atoms with Crippen molar-refractivity contribution in [3.63, 3.8) is 0 Å². The Morgan fingerprint density at radius 3 is 1.84 bits per heavy atom. The molecule has 0 amide bonds. The molecule has 25 heavy (non-hydrogen) atoms. The average Bonchev–Trinajstić information content (AvgIpc) is 2.63. The van der Waals surface area contributed by atoms with E-state index in [1.165, 1.54) is 0 Å². The summed E-state index contributed by atoms with van der Waals surface area (Å²) >= 11 is 3.39. The fourth-order valence-electron chi connectivity index (χ4n) is 2.36. The lowest BCUT2D eigenvalue weighted by Gasteiger charge is -2.09. The molecule has 0 saturated carbocycles. The molecule has 2 N–H and O–H groups in total. The minimum absolute atomic E-state index is 0.0788. The van der Waals surface area contributed by atoms with Crippen molar-refractivity contribution in [3.8, 4) is 11.1 Å². The van der Waals surface area contributed by atoms with Gasteiger partial charge < -0.3 is 5.11 Å². The van der Waals surface area contributed by atoms with Gasteiger partial charge in [-0.2, -0.15) is 0 Å². The molecule has 3 aromatic rings. The number of aliphatic hydroxyl groups is 1. The van der Waals surface area contributed by atoms with E-state index in [1.807, 2.05) is 24.3 Å². The highest BCUT2D eigenvalue weighted by atomic mass is 79.9. The Kier molecular flexibility index (Phi) is 5.22. The molecule has 4 nitrogen and oxygen atoms in total. The van der Waals surface area contributed by atoms with Crippen LogP contribution in [0.2, 0.25) is 0 Å². The van der Waals surface area contributed by atoms with Crippen LogP contribution in [0.15, 0.2) is 82.2 Å². The largest absolute Gasteiger partial charge is 0.392 e. The van der Waals surface area contributed by atoms with Gasteiger partial charge >= 0.3 is 0 Å². The van der Waals surface area contributed by atoms with E-state index < -0.39 is 10.0 Å². The fourth-order valence-corrected chi connectivity index (χ4v) is 3.68. The van der Waals surface area contributed by atoms with Crippen LogP contribution < -0.4 is 4.72 Å². The number of aliphatic hydroxyl groups excluding tert-OH is 1. The third-order valence-electron chi connectivity index (χ3n) is 3.73. The van der Waals surface area contributed by atoms with Gasteiger partial charge in [0.15, 0.2) is 0 Å². The standard InChI is InChI=1S/C19H16BrNO3S/c20-17-7-3-15(4-8-17)16-5-11-19(12-6-16)25(23,24)21-18-9-1-14(13-22)2-10-18/h1-12,21-22H,13H2. The van der Waals surface area contributed by atoms with Crippen molar-refractivity contribution in [2.24, 2.45) is 0 Å². The SMILES string of the molecule is O=S(=O)(Nc1ccc(CO)cc1)c1ccc(-c2ccc(Br)cc2)cc1. The Morgan fingerprint density at radius 1 is 0.800 bits per heavy atom. The van der Waals surface area contributed by atoms with Gasteiger partial charge in [-0.1, -0.05) is 52.3 Å². The monoisotopic (exact) mass is 417 g/mol. The number of sulfonamides is 1. The summed E-state index contributed by atoms with van der Waals surface area (Å²) < 4.78 is 28.5. The molecule has 0 saturated heterocycles. The van der Waals surface area contributed by atoms with Crippen molar-refractivity contribution < 1.29 is 13.5 Å². The summed E-state index contributed by atoms with van der Waals surface area (Å²) in [7, 11) is -3.66. The van der Waals surface area contributed by atoms with Crippen molar-refractivity contribution in [3.05, 3.63) is 82.8 Å². The second-order valence-electron chi connectivity index (χ2n) is 5.49. The van der Waals surface area contributed by atoms with Gasteiger partial charge in [-0.05, 0) is 53.1 Å². The van der Waals surface area contributed by atoms with Crippen LogP contribution in [0.3, 0.4) is 0 Å². The molecule has 0 unspecified atom stereocenters. The second kappa shape index (κ2) is 7.39. The predicted molar refractivity (Wildman–Crippen MR) is 103 cm³/mol. The summed E-state index contributed by atoms with van der Waals surface area (Å²) in [5.41, 5.74) is 3.13. The van der Waals surface area contributed by atoms with E-state index >= 15 is 0 Å². The molecule has 0 aliphatic rings. The molecule has 0 atom stereocenters. The van der Waals surface area contributed by atoms with Crippen molar-refractivity contribution in [2.45, 2.75) is 11.5 Å². The smallest absolute Gasteiger partial charge is 0.261 e. The van der Waals surface area contributed by atoms with Crippen LogP contribution in [-0.2, 0) is 16.6 Å². The normalized spacial score (nSPS) is 11.3. The zero-order valence-corrected chi connectivity index (χ0v) is 15.6. The molecule has 0 aliphatic carbocycles. The molecular formula is C19H16BrNO3S. The lowest BCUT2D eigenvalue weighted by atomic mass is 10.1. The highest BCUT2D eigenvalue weighted by Crippen LogP contribution is 2.24. The Balaban J connectivity index is 1.81. The number of anilines is 1. The van der Waals surface area contributed by atoms with Gasteiger partial charge in [-0.3, -0.25) is 4.72 Å². The maximum absolute atomic E-state index is 12.5. The van der Waals surface area contributed by atoms with Crippen LogP contribution in [0.4, 0.5) is 5.69 Å². The average molecular weight is 418 g/mol. The van der Waals surface area contributed by atoms with Crippen molar-refractivity contribution in [1.29, 1.82) is 0 Å². The number of rotatable bonds is 5. The zero-order valence-electron chi connectivity index (χ0n) is 13.2. The number of nitrogens with one attached hydrogen (secondary N) is 1. The molecule has 0 spiro atoms. The van der Waals surface area contributed by atoms with Gasteiger partial charge in [-0.15, -0.1) is 0 Å². The topological polar surface area (TPSA) is 66.4 Å². The Hall–Kier alpha value is -2.15. The van der Waals surface area contributed by atoms with E-state index in [2.05, 4.69) is 20.7 Å². The molecule has 3 aromatic carbocycles. The first-order valence-electron chi connectivity index (χ1n) is 7.56. The summed E-state index contributed by atoms with van der Waals surface area (Å²) in [5, 5.41) is 9.03. The molecule has 6 heteroatoms. The molecule has 0 radical (unpaired) electrons. The van der Waals surface area contributed by atoms with Gasteiger partial charge in [0.1, 0.15) is 0 Å². The second-order valence-corrected chi connectivity index (χ2v) is 8.09. The maximum atomic E-state index is 12.5. The van der Waals surface area contributed by atoms with Crippen LogP contribution in [-0.4, -0.2) is 13.5 Å². The minimum atomic E-state index is -3.66. The van der Waals surface area contributed by atoms with E-state index in [0.29, 0.717) is 5.69 Å². The van der Waals surface area contributed by atoms with Crippen LogP contribution in [0, 0.1) is 0 Å². The van der Waals surface area contributed by atoms with Crippen molar-refractivity contribution >= 4 is 31.6 Å². The third kappa shape index (κ3) is 4.28. The number of halogens is 1. The summed E-state index contributed by atoms with van der Waals surface area (Å²) in [6.07, 6.45) is 0. The molecule has 0 bridgehead atoms. The van der Waals surface area contributed by atoms with Gasteiger partial charge in [0.25, 0.3) is 10.0 Å². The minimum Gasteiger partial charge on any atom is -0.392 e. The third-order valence-corrected chi connectivity index (χ3v) is 5.66. The summed E-state index contributed by atoms with van der Waals surface area (Å²) in [6.45, 7) is -0.0788. The van der Waals surface area contributed by atoms with E-state index in [4.69, 9.17) is 5.11 Å². The van der Waals surface area contributed by atoms with Gasteiger partial charge in [0, 0.05) is 10.2 Å². The number of hydrogen-bond acceptors (Lipinski definition) is 3. The molecule has 0 aromatic heterocycles. The van der Waals surface area contributed by atoms with Crippen LogP contribution in [0.5, 0.6) is 0 Å². The van der Waals surface area contributed by atoms with E-state index in [0.717, 1.165) is 21.2 Å². The quantitative estimate of drug-likeness (QED) is 0.645. The predicted octanol–water partition coefficient (Wildman–Crippen LogP) is 4.41. The lowest BCUT2D eigenvalue weighted by Crippen LogP contribution is -2.12. The highest BCUT2D eigenvalue weighted by Gasteiger charge is 2.14. The first kappa shape index (κ1) is 17.7. The van der Waals surface area contributed by atoms with Crippen molar-refractivity contribution in [1.82, 2.24) is 0 Å². The van der Waals surface area contributed by atoms with E-state index in [9.17, 15) is 8.42 Å². The first-order valence-corrected chi connectivity index (χ1v) is 9.84. The van der Waals surface area contributed by atoms with Crippen molar-refractivity contribution in [2.75, 3.05) is 4.72 Å². The molecule has 0 heterocycles. The molecular weight excluding hydrogens is 402 g/mol. The fraction of sp³-hybridized carbons (Fsp3) is 0.0526.